The summed E-state index contributed by atoms with van der Waals surface area (Å²) in [5.74, 6) is 1.99. The molecule has 200 valence electrons. The lowest BCUT2D eigenvalue weighted by atomic mass is 9.95. The minimum Gasteiger partial charge on any atom is -0.488 e. The van der Waals surface area contributed by atoms with Crippen molar-refractivity contribution in [3.63, 3.8) is 0 Å². The highest BCUT2D eigenvalue weighted by molar-refractivity contribution is 5.95. The normalized spacial score (nSPS) is 18.3. The Bertz CT molecular complexity index is 1600. The van der Waals surface area contributed by atoms with E-state index in [-0.39, 0.29) is 23.1 Å². The van der Waals surface area contributed by atoms with Crippen LogP contribution in [0.5, 0.6) is 5.75 Å². The predicted octanol–water partition coefficient (Wildman–Crippen LogP) is 4.71. The molecule has 2 saturated heterocycles. The number of hydrogen-bond donors (Lipinski definition) is 0. The molecular formula is C30H31N5O4. The highest BCUT2D eigenvalue weighted by Gasteiger charge is 2.29. The Morgan fingerprint density at radius 3 is 2.67 bits per heavy atom. The van der Waals surface area contributed by atoms with Gasteiger partial charge in [0.1, 0.15) is 23.5 Å². The van der Waals surface area contributed by atoms with Crippen molar-refractivity contribution in [2.24, 2.45) is 7.05 Å². The van der Waals surface area contributed by atoms with Crippen LogP contribution in [0.2, 0.25) is 0 Å². The van der Waals surface area contributed by atoms with Gasteiger partial charge in [-0.15, -0.1) is 10.2 Å². The molecule has 2 fully saturated rings. The van der Waals surface area contributed by atoms with Crippen molar-refractivity contribution in [2.45, 2.75) is 44.6 Å². The second-order valence-corrected chi connectivity index (χ2v) is 10.4. The number of fused-ring (bicyclic) bond motifs is 1. The summed E-state index contributed by atoms with van der Waals surface area (Å²) in [6, 6.07) is 15.9. The molecular weight excluding hydrogens is 494 g/mol. The van der Waals surface area contributed by atoms with E-state index in [9.17, 15) is 10.1 Å². The topological polar surface area (TPSA) is 106 Å². The fraction of sp³-hybridized carbons (Fsp3) is 0.400. The largest absolute Gasteiger partial charge is 0.488 e. The Kier molecular flexibility index (Phi) is 6.79. The molecule has 2 aromatic heterocycles. The van der Waals surface area contributed by atoms with E-state index < -0.39 is 0 Å². The summed E-state index contributed by atoms with van der Waals surface area (Å²) in [4.78, 5) is 15.4. The molecule has 1 atom stereocenters. The van der Waals surface area contributed by atoms with Crippen LogP contribution in [-0.2, 0) is 11.8 Å². The van der Waals surface area contributed by atoms with Crippen LogP contribution in [0.3, 0.4) is 0 Å². The summed E-state index contributed by atoms with van der Waals surface area (Å²) >= 11 is 0. The van der Waals surface area contributed by atoms with E-state index in [0.29, 0.717) is 42.9 Å². The minimum absolute atomic E-state index is 0.00105. The van der Waals surface area contributed by atoms with Crippen LogP contribution in [0, 0.1) is 18.3 Å². The lowest BCUT2D eigenvalue weighted by molar-refractivity contribution is 0.00748. The van der Waals surface area contributed by atoms with E-state index in [4.69, 9.17) is 13.9 Å². The van der Waals surface area contributed by atoms with Crippen LogP contribution in [0.15, 0.2) is 51.7 Å². The van der Waals surface area contributed by atoms with E-state index in [1.807, 2.05) is 49.4 Å². The third-order valence-corrected chi connectivity index (χ3v) is 7.85. The average Bonchev–Trinajstić information content (AvgIpc) is 3.46. The Morgan fingerprint density at radius 1 is 1.10 bits per heavy atom. The molecule has 0 N–H and O–H groups in total. The van der Waals surface area contributed by atoms with Gasteiger partial charge in [-0.2, -0.15) is 5.26 Å². The Morgan fingerprint density at radius 2 is 1.92 bits per heavy atom. The van der Waals surface area contributed by atoms with Gasteiger partial charge in [-0.25, -0.2) is 0 Å². The van der Waals surface area contributed by atoms with Gasteiger partial charge in [0.2, 0.25) is 11.8 Å². The summed E-state index contributed by atoms with van der Waals surface area (Å²) in [5.41, 5.74) is 3.32. The summed E-state index contributed by atoms with van der Waals surface area (Å²) < 4.78 is 19.3. The summed E-state index contributed by atoms with van der Waals surface area (Å²) in [7, 11) is 1.70. The SMILES string of the molecule is Cc1ccccc1-c1nnc(C2CCN(c3c(C#N)c(=O)n(C)c4cc(O[C@@H]5CCCOC5)ccc34)CC2)o1. The van der Waals surface area contributed by atoms with Crippen molar-refractivity contribution in [1.82, 2.24) is 14.8 Å². The van der Waals surface area contributed by atoms with Crippen LogP contribution in [0.25, 0.3) is 22.4 Å². The molecule has 39 heavy (non-hydrogen) atoms. The molecule has 2 aliphatic heterocycles. The van der Waals surface area contributed by atoms with E-state index in [2.05, 4.69) is 21.2 Å². The fourth-order valence-electron chi connectivity index (χ4n) is 5.67. The van der Waals surface area contributed by atoms with Crippen molar-refractivity contribution in [2.75, 3.05) is 31.2 Å². The zero-order valence-electron chi connectivity index (χ0n) is 22.2. The maximum absolute atomic E-state index is 13.2. The quantitative estimate of drug-likeness (QED) is 0.369. The molecule has 0 bridgehead atoms. The highest BCUT2D eigenvalue weighted by Crippen LogP contribution is 2.36. The van der Waals surface area contributed by atoms with Gasteiger partial charge < -0.3 is 23.4 Å². The number of anilines is 1. The first-order valence-electron chi connectivity index (χ1n) is 13.5. The van der Waals surface area contributed by atoms with Crippen LogP contribution in [0.4, 0.5) is 5.69 Å². The van der Waals surface area contributed by atoms with E-state index in [1.54, 1.807) is 11.6 Å². The molecule has 2 aromatic carbocycles. The van der Waals surface area contributed by atoms with Gasteiger partial charge in [0.15, 0.2) is 0 Å². The average molecular weight is 526 g/mol. The molecule has 9 heteroatoms. The molecule has 0 radical (unpaired) electrons. The maximum atomic E-state index is 13.2. The van der Waals surface area contributed by atoms with Crippen molar-refractivity contribution in [1.29, 1.82) is 5.26 Å². The van der Waals surface area contributed by atoms with Crippen molar-refractivity contribution in [3.8, 4) is 23.3 Å². The second-order valence-electron chi connectivity index (χ2n) is 10.4. The number of nitriles is 1. The maximum Gasteiger partial charge on any atom is 0.270 e. The van der Waals surface area contributed by atoms with Gasteiger partial charge in [0.25, 0.3) is 5.56 Å². The number of piperidine rings is 1. The number of hydrogen-bond acceptors (Lipinski definition) is 8. The van der Waals surface area contributed by atoms with Gasteiger partial charge in [0.05, 0.1) is 17.8 Å². The van der Waals surface area contributed by atoms with Gasteiger partial charge >= 0.3 is 0 Å². The molecule has 0 spiro atoms. The minimum atomic E-state index is -0.306. The molecule has 0 unspecified atom stereocenters. The van der Waals surface area contributed by atoms with Gasteiger partial charge in [-0.05, 0) is 56.4 Å². The van der Waals surface area contributed by atoms with E-state index >= 15 is 0 Å². The highest BCUT2D eigenvalue weighted by atomic mass is 16.5. The van der Waals surface area contributed by atoms with E-state index in [0.717, 1.165) is 54.3 Å². The first kappa shape index (κ1) is 25.1. The predicted molar refractivity (Wildman–Crippen MR) is 147 cm³/mol. The molecule has 0 saturated carbocycles. The number of pyridine rings is 1. The van der Waals surface area contributed by atoms with Crippen molar-refractivity contribution >= 4 is 16.6 Å². The summed E-state index contributed by atoms with van der Waals surface area (Å²) in [6.07, 6.45) is 3.47. The summed E-state index contributed by atoms with van der Waals surface area (Å²) in [5, 5.41) is 19.5. The monoisotopic (exact) mass is 525 g/mol. The van der Waals surface area contributed by atoms with Crippen LogP contribution in [-0.4, -0.2) is 47.2 Å². The molecule has 0 aliphatic carbocycles. The number of nitrogens with zero attached hydrogens (tertiary/aromatic N) is 5. The van der Waals surface area contributed by atoms with Crippen molar-refractivity contribution < 1.29 is 13.9 Å². The molecule has 4 aromatic rings. The van der Waals surface area contributed by atoms with Crippen molar-refractivity contribution in [3.05, 3.63) is 69.8 Å². The van der Waals surface area contributed by atoms with Gasteiger partial charge in [-0.1, -0.05) is 18.2 Å². The third kappa shape index (κ3) is 4.77. The zero-order valence-corrected chi connectivity index (χ0v) is 22.2. The van der Waals surface area contributed by atoms with Gasteiger partial charge in [0, 0.05) is 49.7 Å². The molecule has 0 amide bonds. The van der Waals surface area contributed by atoms with Crippen LogP contribution >= 0.6 is 0 Å². The smallest absolute Gasteiger partial charge is 0.270 e. The lowest BCUT2D eigenvalue weighted by Crippen LogP contribution is -2.36. The van der Waals surface area contributed by atoms with E-state index in [1.165, 1.54) is 0 Å². The first-order valence-corrected chi connectivity index (χ1v) is 13.5. The molecule has 4 heterocycles. The van der Waals surface area contributed by atoms with Crippen LogP contribution < -0.4 is 15.2 Å². The molecule has 2 aliphatic rings. The fourth-order valence-corrected chi connectivity index (χ4v) is 5.67. The number of ether oxygens (including phenoxy) is 2. The third-order valence-electron chi connectivity index (χ3n) is 7.85. The number of rotatable bonds is 5. The molecule has 6 rings (SSSR count). The first-order chi connectivity index (χ1) is 19.0. The Hall–Kier alpha value is -4.16. The Balaban J connectivity index is 1.26. The lowest BCUT2D eigenvalue weighted by Gasteiger charge is -2.33. The number of aryl methyl sites for hydroxylation is 2. The number of aromatic nitrogens is 3. The number of benzene rings is 2. The summed E-state index contributed by atoms with van der Waals surface area (Å²) in [6.45, 7) is 4.70. The molecule has 9 nitrogen and oxygen atoms in total. The van der Waals surface area contributed by atoms with Gasteiger partial charge in [-0.3, -0.25) is 4.79 Å². The standard InChI is InChI=1S/C30H31N5O4/c1-19-6-3-4-8-23(19)29-33-32-28(39-29)20-11-13-35(14-12-20)27-24-10-9-21(38-22-7-5-15-37-18-22)16-26(24)34(2)30(36)25(27)17-31/h3-4,6,8-10,16,20,22H,5,7,11-15,18H2,1-2H3/t22-/m1/s1. The second kappa shape index (κ2) is 10.5. The Labute approximate surface area is 226 Å². The zero-order chi connectivity index (χ0) is 26.9. The van der Waals surface area contributed by atoms with Crippen LogP contribution in [0.1, 0.15) is 48.6 Å².